The van der Waals surface area contributed by atoms with Crippen LogP contribution in [-0.2, 0) is 20.0 Å². The van der Waals surface area contributed by atoms with Gasteiger partial charge in [0.15, 0.2) is 5.96 Å². The number of guanidine groups is 1. The van der Waals surface area contributed by atoms with Crippen LogP contribution in [0.15, 0.2) is 40.1 Å². The predicted octanol–water partition coefficient (Wildman–Crippen LogP) is 2.48. The van der Waals surface area contributed by atoms with Crippen molar-refractivity contribution in [3.8, 4) is 0 Å². The minimum Gasteiger partial charge on any atom is -0.469 e. The summed E-state index contributed by atoms with van der Waals surface area (Å²) < 4.78 is 7.29. The lowest BCUT2D eigenvalue weighted by Gasteiger charge is -2.25. The second kappa shape index (κ2) is 7.33. The number of furan rings is 1. The zero-order valence-corrected chi connectivity index (χ0v) is 14.8. The van der Waals surface area contributed by atoms with E-state index in [0.29, 0.717) is 12.6 Å². The van der Waals surface area contributed by atoms with Gasteiger partial charge in [-0.15, -0.1) is 0 Å². The average molecular weight is 341 g/mol. The van der Waals surface area contributed by atoms with Gasteiger partial charge in [0, 0.05) is 32.3 Å². The molecule has 2 N–H and O–H groups in total. The maximum absolute atomic E-state index is 5.41. The summed E-state index contributed by atoms with van der Waals surface area (Å²) in [5.41, 5.74) is 1.11. The van der Waals surface area contributed by atoms with Crippen LogP contribution in [0, 0.1) is 11.8 Å². The molecule has 3 atom stereocenters. The molecule has 25 heavy (non-hydrogen) atoms. The monoisotopic (exact) mass is 341 g/mol. The second-order valence-corrected chi connectivity index (χ2v) is 7.29. The minimum absolute atomic E-state index is 0.570. The van der Waals surface area contributed by atoms with Crippen LogP contribution in [0.5, 0.6) is 0 Å². The van der Waals surface area contributed by atoms with Gasteiger partial charge >= 0.3 is 0 Å². The molecule has 2 bridgehead atoms. The van der Waals surface area contributed by atoms with Crippen molar-refractivity contribution < 1.29 is 4.42 Å². The standard InChI is InChI=1S/C19H27N5O/c1-24-16(6-9-22-24)13-21-19(20-8-7-17-3-2-10-25-17)23-18-12-14-4-5-15(18)11-14/h2-3,6,9-10,14-15,18H,4-5,7-8,11-13H2,1H3,(H2,20,21,23). The summed E-state index contributed by atoms with van der Waals surface area (Å²) in [5, 5.41) is 11.4. The van der Waals surface area contributed by atoms with Crippen LogP contribution in [-0.4, -0.2) is 28.3 Å². The lowest BCUT2D eigenvalue weighted by molar-refractivity contribution is 0.387. The van der Waals surface area contributed by atoms with Crippen LogP contribution >= 0.6 is 0 Å². The molecule has 6 nitrogen and oxygen atoms in total. The van der Waals surface area contributed by atoms with Crippen molar-refractivity contribution >= 4 is 5.96 Å². The lowest BCUT2D eigenvalue weighted by Crippen LogP contribution is -2.46. The molecular weight excluding hydrogens is 314 g/mol. The number of fused-ring (bicyclic) bond motifs is 2. The van der Waals surface area contributed by atoms with Gasteiger partial charge in [0.2, 0.25) is 0 Å². The van der Waals surface area contributed by atoms with E-state index in [9.17, 15) is 0 Å². The van der Waals surface area contributed by atoms with Crippen molar-refractivity contribution in [1.82, 2.24) is 20.4 Å². The highest BCUT2D eigenvalue weighted by Crippen LogP contribution is 2.44. The van der Waals surface area contributed by atoms with Gasteiger partial charge in [-0.25, -0.2) is 4.99 Å². The zero-order chi connectivity index (χ0) is 17.1. The SMILES string of the molecule is Cn1nccc1CN=C(NCCc1ccco1)NC1CC2CCC1C2. The topological polar surface area (TPSA) is 67.4 Å². The van der Waals surface area contributed by atoms with Crippen molar-refractivity contribution in [2.75, 3.05) is 6.54 Å². The van der Waals surface area contributed by atoms with Gasteiger partial charge in [-0.1, -0.05) is 6.42 Å². The van der Waals surface area contributed by atoms with Crippen LogP contribution in [0.3, 0.4) is 0 Å². The number of hydrogen-bond acceptors (Lipinski definition) is 3. The number of aliphatic imine (C=N–C) groups is 1. The van der Waals surface area contributed by atoms with E-state index in [-0.39, 0.29) is 0 Å². The van der Waals surface area contributed by atoms with Gasteiger partial charge in [-0.3, -0.25) is 4.68 Å². The van der Waals surface area contributed by atoms with Gasteiger partial charge in [-0.2, -0.15) is 5.10 Å². The molecule has 2 aromatic heterocycles. The van der Waals surface area contributed by atoms with Crippen LogP contribution in [0.25, 0.3) is 0 Å². The molecule has 0 aromatic carbocycles. The summed E-state index contributed by atoms with van der Waals surface area (Å²) in [6.07, 6.45) is 9.85. The van der Waals surface area contributed by atoms with E-state index in [0.717, 1.165) is 42.2 Å². The lowest BCUT2D eigenvalue weighted by atomic mass is 9.95. The summed E-state index contributed by atoms with van der Waals surface area (Å²) in [7, 11) is 1.96. The van der Waals surface area contributed by atoms with E-state index in [4.69, 9.17) is 9.41 Å². The molecule has 0 aliphatic heterocycles. The molecule has 2 fully saturated rings. The predicted molar refractivity (Wildman–Crippen MR) is 97.1 cm³/mol. The van der Waals surface area contributed by atoms with Crippen molar-refractivity contribution in [3.05, 3.63) is 42.1 Å². The molecule has 134 valence electrons. The molecule has 2 heterocycles. The maximum atomic E-state index is 5.41. The van der Waals surface area contributed by atoms with Crippen LogP contribution < -0.4 is 10.6 Å². The Labute approximate surface area is 148 Å². The average Bonchev–Trinajstić information content (AvgIpc) is 3.38. The van der Waals surface area contributed by atoms with Gasteiger partial charge < -0.3 is 15.1 Å². The smallest absolute Gasteiger partial charge is 0.191 e. The van der Waals surface area contributed by atoms with E-state index in [1.807, 2.05) is 36.1 Å². The molecule has 2 aliphatic carbocycles. The Morgan fingerprint density at radius 2 is 2.32 bits per heavy atom. The fourth-order valence-corrected chi connectivity index (χ4v) is 4.23. The Kier molecular flexibility index (Phi) is 4.76. The Balaban J connectivity index is 1.37. The van der Waals surface area contributed by atoms with E-state index in [1.165, 1.54) is 25.7 Å². The first-order valence-corrected chi connectivity index (χ1v) is 9.32. The number of nitrogens with one attached hydrogen (secondary N) is 2. The number of aryl methyl sites for hydroxylation is 1. The molecule has 2 aliphatic rings. The van der Waals surface area contributed by atoms with Crippen molar-refractivity contribution in [3.63, 3.8) is 0 Å². The Morgan fingerprint density at radius 3 is 3.00 bits per heavy atom. The molecular formula is C19H27N5O. The highest BCUT2D eigenvalue weighted by molar-refractivity contribution is 5.80. The summed E-state index contributed by atoms with van der Waals surface area (Å²) >= 11 is 0. The Morgan fingerprint density at radius 1 is 1.36 bits per heavy atom. The van der Waals surface area contributed by atoms with E-state index < -0.39 is 0 Å². The summed E-state index contributed by atoms with van der Waals surface area (Å²) in [5.74, 6) is 3.64. The van der Waals surface area contributed by atoms with Crippen molar-refractivity contribution in [2.24, 2.45) is 23.9 Å². The fourth-order valence-electron chi connectivity index (χ4n) is 4.23. The maximum Gasteiger partial charge on any atom is 0.191 e. The number of nitrogens with zero attached hydrogens (tertiary/aromatic N) is 3. The first kappa shape index (κ1) is 16.2. The molecule has 0 saturated heterocycles. The Hall–Kier alpha value is -2.24. The van der Waals surface area contributed by atoms with Crippen LogP contribution in [0.4, 0.5) is 0 Å². The van der Waals surface area contributed by atoms with Gasteiger partial charge in [0.25, 0.3) is 0 Å². The third kappa shape index (κ3) is 3.89. The van der Waals surface area contributed by atoms with Crippen LogP contribution in [0.1, 0.15) is 37.1 Å². The van der Waals surface area contributed by atoms with Crippen molar-refractivity contribution in [1.29, 1.82) is 0 Å². The highest BCUT2D eigenvalue weighted by atomic mass is 16.3. The number of aromatic nitrogens is 2. The van der Waals surface area contributed by atoms with Gasteiger partial charge in [-0.05, 0) is 49.3 Å². The summed E-state index contributed by atoms with van der Waals surface area (Å²) in [6, 6.07) is 6.53. The third-order valence-corrected chi connectivity index (χ3v) is 5.63. The van der Waals surface area contributed by atoms with Gasteiger partial charge in [0.1, 0.15) is 5.76 Å². The molecule has 2 aromatic rings. The number of rotatable bonds is 6. The summed E-state index contributed by atoms with van der Waals surface area (Å²) in [4.78, 5) is 4.80. The second-order valence-electron chi connectivity index (χ2n) is 7.29. The molecule has 0 radical (unpaired) electrons. The quantitative estimate of drug-likeness (QED) is 0.626. The minimum atomic E-state index is 0.570. The third-order valence-electron chi connectivity index (χ3n) is 5.63. The molecule has 2 saturated carbocycles. The first-order valence-electron chi connectivity index (χ1n) is 9.32. The largest absolute Gasteiger partial charge is 0.469 e. The van der Waals surface area contributed by atoms with E-state index in [1.54, 1.807) is 6.26 Å². The first-order chi connectivity index (χ1) is 12.3. The van der Waals surface area contributed by atoms with E-state index in [2.05, 4.69) is 15.7 Å². The summed E-state index contributed by atoms with van der Waals surface area (Å²) in [6.45, 7) is 1.44. The van der Waals surface area contributed by atoms with E-state index >= 15 is 0 Å². The fraction of sp³-hybridized carbons (Fsp3) is 0.579. The normalized spacial score (nSPS) is 25.5. The number of hydrogen-bond donors (Lipinski definition) is 2. The zero-order valence-electron chi connectivity index (χ0n) is 14.8. The molecule has 4 rings (SSSR count). The molecule has 0 spiro atoms. The van der Waals surface area contributed by atoms with Crippen LogP contribution in [0.2, 0.25) is 0 Å². The Bertz CT molecular complexity index is 705. The van der Waals surface area contributed by atoms with Crippen molar-refractivity contribution in [2.45, 2.75) is 44.7 Å². The molecule has 0 amide bonds. The molecule has 3 unspecified atom stereocenters. The highest BCUT2D eigenvalue weighted by Gasteiger charge is 2.39. The van der Waals surface area contributed by atoms with Gasteiger partial charge in [0.05, 0.1) is 18.5 Å². The molecule has 6 heteroatoms.